The van der Waals surface area contributed by atoms with Crippen molar-refractivity contribution in [3.05, 3.63) is 49.1 Å². The molecular formula is C17H22N4. The first-order chi connectivity index (χ1) is 9.98. The molecule has 1 aromatic carbocycles. The van der Waals surface area contributed by atoms with E-state index in [1.807, 2.05) is 36.4 Å². The summed E-state index contributed by atoms with van der Waals surface area (Å²) in [6.45, 7) is 10.6. The van der Waals surface area contributed by atoms with Crippen molar-refractivity contribution < 1.29 is 0 Å². The molecule has 0 bridgehead atoms. The molecule has 0 aliphatic heterocycles. The van der Waals surface area contributed by atoms with E-state index in [0.29, 0.717) is 12.5 Å². The largest absolute Gasteiger partial charge is 0.366 e. The number of hydrogen-bond acceptors (Lipinski definition) is 4. The molecule has 2 N–H and O–H groups in total. The van der Waals surface area contributed by atoms with E-state index in [-0.39, 0.29) is 5.54 Å². The van der Waals surface area contributed by atoms with Crippen LogP contribution in [0.25, 0.3) is 11.3 Å². The maximum atomic E-state index is 4.61. The fraction of sp³-hybridized carbons (Fsp3) is 0.294. The van der Waals surface area contributed by atoms with Crippen LogP contribution in [0.4, 0.5) is 11.8 Å². The van der Waals surface area contributed by atoms with Gasteiger partial charge in [-0.3, -0.25) is 0 Å². The Balaban J connectivity index is 2.39. The van der Waals surface area contributed by atoms with E-state index < -0.39 is 0 Å². The number of rotatable bonds is 5. The Morgan fingerprint density at radius 2 is 1.86 bits per heavy atom. The van der Waals surface area contributed by atoms with Crippen molar-refractivity contribution in [2.75, 3.05) is 17.2 Å². The van der Waals surface area contributed by atoms with Crippen LogP contribution in [-0.2, 0) is 0 Å². The average molecular weight is 282 g/mol. The van der Waals surface area contributed by atoms with Gasteiger partial charge in [0.1, 0.15) is 5.82 Å². The summed E-state index contributed by atoms with van der Waals surface area (Å²) in [6, 6.07) is 12.0. The molecule has 0 saturated carbocycles. The number of aromatic nitrogens is 2. The van der Waals surface area contributed by atoms with Gasteiger partial charge in [0.2, 0.25) is 5.95 Å². The third-order valence-electron chi connectivity index (χ3n) is 2.71. The van der Waals surface area contributed by atoms with Crippen molar-refractivity contribution in [1.82, 2.24) is 9.97 Å². The van der Waals surface area contributed by atoms with E-state index in [1.165, 1.54) is 0 Å². The lowest BCUT2D eigenvalue weighted by Crippen LogP contribution is -2.27. The van der Waals surface area contributed by atoms with Gasteiger partial charge in [-0.25, -0.2) is 4.98 Å². The van der Waals surface area contributed by atoms with Crippen molar-refractivity contribution >= 4 is 11.8 Å². The molecule has 2 rings (SSSR count). The lowest BCUT2D eigenvalue weighted by molar-refractivity contribution is 0.626. The van der Waals surface area contributed by atoms with Crippen LogP contribution >= 0.6 is 0 Å². The van der Waals surface area contributed by atoms with Crippen molar-refractivity contribution in [2.45, 2.75) is 26.3 Å². The van der Waals surface area contributed by atoms with Gasteiger partial charge in [0.05, 0.1) is 5.69 Å². The predicted molar refractivity (Wildman–Crippen MR) is 89.5 cm³/mol. The van der Waals surface area contributed by atoms with Crippen molar-refractivity contribution in [3.63, 3.8) is 0 Å². The normalized spacial score (nSPS) is 11.0. The van der Waals surface area contributed by atoms with E-state index in [4.69, 9.17) is 0 Å². The Labute approximate surface area is 126 Å². The molecule has 1 heterocycles. The van der Waals surface area contributed by atoms with Gasteiger partial charge in [0.15, 0.2) is 0 Å². The summed E-state index contributed by atoms with van der Waals surface area (Å²) in [5.74, 6) is 1.41. The Kier molecular flexibility index (Phi) is 4.58. The molecular weight excluding hydrogens is 260 g/mol. The minimum absolute atomic E-state index is 0.0922. The SMILES string of the molecule is C=CCNc1cc(-c2ccccc2)nc(NC(C)(C)C)n1. The summed E-state index contributed by atoms with van der Waals surface area (Å²) < 4.78 is 0. The lowest BCUT2D eigenvalue weighted by Gasteiger charge is -2.21. The Hall–Kier alpha value is -2.36. The summed E-state index contributed by atoms with van der Waals surface area (Å²) in [4.78, 5) is 9.11. The van der Waals surface area contributed by atoms with Crippen LogP contribution in [0.5, 0.6) is 0 Å². The molecule has 21 heavy (non-hydrogen) atoms. The van der Waals surface area contributed by atoms with Gasteiger partial charge in [-0.2, -0.15) is 4.98 Å². The van der Waals surface area contributed by atoms with Crippen LogP contribution in [0, 0.1) is 0 Å². The van der Waals surface area contributed by atoms with Crippen LogP contribution in [0.3, 0.4) is 0 Å². The second kappa shape index (κ2) is 6.39. The van der Waals surface area contributed by atoms with Crippen molar-refractivity contribution in [3.8, 4) is 11.3 Å². The quantitative estimate of drug-likeness (QED) is 0.815. The van der Waals surface area contributed by atoms with Gasteiger partial charge in [0, 0.05) is 23.7 Å². The smallest absolute Gasteiger partial charge is 0.225 e. The van der Waals surface area contributed by atoms with E-state index in [2.05, 4.69) is 48.0 Å². The second-order valence-electron chi connectivity index (χ2n) is 5.87. The molecule has 4 heteroatoms. The molecule has 0 spiro atoms. The number of nitrogens with zero attached hydrogens (tertiary/aromatic N) is 2. The Bertz CT molecular complexity index is 600. The fourth-order valence-corrected chi connectivity index (χ4v) is 1.86. The first-order valence-corrected chi connectivity index (χ1v) is 7.05. The van der Waals surface area contributed by atoms with Crippen LogP contribution in [-0.4, -0.2) is 22.1 Å². The second-order valence-corrected chi connectivity index (χ2v) is 5.87. The first kappa shape index (κ1) is 15.0. The molecule has 0 fully saturated rings. The number of anilines is 2. The summed E-state index contributed by atoms with van der Waals surface area (Å²) in [7, 11) is 0. The molecule has 0 amide bonds. The molecule has 2 aromatic rings. The van der Waals surface area contributed by atoms with Gasteiger partial charge in [-0.1, -0.05) is 36.4 Å². The first-order valence-electron chi connectivity index (χ1n) is 7.05. The zero-order valence-electron chi connectivity index (χ0n) is 12.9. The third kappa shape index (κ3) is 4.60. The van der Waals surface area contributed by atoms with Gasteiger partial charge in [0.25, 0.3) is 0 Å². The van der Waals surface area contributed by atoms with Crippen molar-refractivity contribution in [2.24, 2.45) is 0 Å². The van der Waals surface area contributed by atoms with E-state index in [9.17, 15) is 0 Å². The summed E-state index contributed by atoms with van der Waals surface area (Å²) >= 11 is 0. The van der Waals surface area contributed by atoms with Crippen molar-refractivity contribution in [1.29, 1.82) is 0 Å². The van der Waals surface area contributed by atoms with Gasteiger partial charge < -0.3 is 10.6 Å². The van der Waals surface area contributed by atoms with Gasteiger partial charge >= 0.3 is 0 Å². The summed E-state index contributed by atoms with van der Waals surface area (Å²) in [5, 5.41) is 6.54. The average Bonchev–Trinajstić information content (AvgIpc) is 2.44. The van der Waals surface area contributed by atoms with E-state index >= 15 is 0 Å². The Morgan fingerprint density at radius 1 is 1.14 bits per heavy atom. The Morgan fingerprint density at radius 3 is 2.48 bits per heavy atom. The monoisotopic (exact) mass is 282 g/mol. The topological polar surface area (TPSA) is 49.8 Å². The maximum Gasteiger partial charge on any atom is 0.225 e. The standard InChI is InChI=1S/C17H22N4/c1-5-11-18-15-12-14(13-9-7-6-8-10-13)19-16(20-15)21-17(2,3)4/h5-10,12H,1,11H2,2-4H3,(H2,18,19,20,21). The highest BCUT2D eigenvalue weighted by atomic mass is 15.2. The van der Waals surface area contributed by atoms with Crippen LogP contribution in [0.15, 0.2) is 49.1 Å². The van der Waals surface area contributed by atoms with Gasteiger partial charge in [-0.15, -0.1) is 6.58 Å². The number of benzene rings is 1. The van der Waals surface area contributed by atoms with Crippen LogP contribution in [0.2, 0.25) is 0 Å². The molecule has 0 radical (unpaired) electrons. The molecule has 0 saturated heterocycles. The minimum Gasteiger partial charge on any atom is -0.366 e. The molecule has 4 nitrogen and oxygen atoms in total. The summed E-state index contributed by atoms with van der Waals surface area (Å²) in [5.41, 5.74) is 1.87. The number of nitrogens with one attached hydrogen (secondary N) is 2. The summed E-state index contributed by atoms with van der Waals surface area (Å²) in [6.07, 6.45) is 1.81. The fourth-order valence-electron chi connectivity index (χ4n) is 1.86. The number of hydrogen-bond donors (Lipinski definition) is 2. The molecule has 1 aromatic heterocycles. The lowest BCUT2D eigenvalue weighted by atomic mass is 10.1. The maximum absolute atomic E-state index is 4.61. The molecule has 0 atom stereocenters. The zero-order valence-corrected chi connectivity index (χ0v) is 12.9. The third-order valence-corrected chi connectivity index (χ3v) is 2.71. The minimum atomic E-state index is -0.0922. The predicted octanol–water partition coefficient (Wildman–Crippen LogP) is 3.95. The van der Waals surface area contributed by atoms with E-state index in [0.717, 1.165) is 17.1 Å². The highest BCUT2D eigenvalue weighted by molar-refractivity contribution is 5.64. The van der Waals surface area contributed by atoms with Crippen LogP contribution < -0.4 is 10.6 Å². The highest BCUT2D eigenvalue weighted by Gasteiger charge is 2.13. The molecule has 0 aliphatic carbocycles. The molecule has 0 aliphatic rings. The van der Waals surface area contributed by atoms with E-state index in [1.54, 1.807) is 6.08 Å². The molecule has 110 valence electrons. The van der Waals surface area contributed by atoms with Gasteiger partial charge in [-0.05, 0) is 20.8 Å². The molecule has 0 unspecified atom stereocenters. The zero-order chi connectivity index (χ0) is 15.3. The highest BCUT2D eigenvalue weighted by Crippen LogP contribution is 2.22. The van der Waals surface area contributed by atoms with Crippen LogP contribution in [0.1, 0.15) is 20.8 Å².